The SMILES string of the molecule is O=C(NCC(=O)N1CCc2sccc2C1)c1ccc2nc[nH]c2c1. The van der Waals surface area contributed by atoms with Crippen LogP contribution in [0.5, 0.6) is 0 Å². The van der Waals surface area contributed by atoms with Crippen LogP contribution in [0.4, 0.5) is 0 Å². The van der Waals surface area contributed by atoms with Gasteiger partial charge in [0.1, 0.15) is 0 Å². The number of imidazole rings is 1. The van der Waals surface area contributed by atoms with E-state index in [0.29, 0.717) is 18.7 Å². The number of aromatic nitrogens is 2. The van der Waals surface area contributed by atoms with Crippen LogP contribution in [0.15, 0.2) is 36.0 Å². The standard InChI is InChI=1S/C17H16N4O2S/c22-16(21-5-3-15-12(9-21)4-6-24-15)8-18-17(23)11-1-2-13-14(7-11)20-10-19-13/h1-2,4,6-7,10H,3,5,8-9H2,(H,18,23)(H,19,20). The van der Waals surface area contributed by atoms with Gasteiger partial charge in [-0.3, -0.25) is 9.59 Å². The molecule has 2 N–H and O–H groups in total. The number of hydrogen-bond acceptors (Lipinski definition) is 4. The topological polar surface area (TPSA) is 78.1 Å². The molecular formula is C17H16N4O2S. The zero-order valence-electron chi connectivity index (χ0n) is 12.9. The molecule has 6 nitrogen and oxygen atoms in total. The van der Waals surface area contributed by atoms with Gasteiger partial charge in [-0.05, 0) is 41.6 Å². The number of aromatic amines is 1. The number of thiophene rings is 1. The monoisotopic (exact) mass is 340 g/mol. The van der Waals surface area contributed by atoms with Crippen molar-refractivity contribution in [2.24, 2.45) is 0 Å². The van der Waals surface area contributed by atoms with E-state index in [4.69, 9.17) is 0 Å². The fourth-order valence-corrected chi connectivity index (χ4v) is 3.80. The highest BCUT2D eigenvalue weighted by molar-refractivity contribution is 7.10. The van der Waals surface area contributed by atoms with Crippen molar-refractivity contribution in [1.82, 2.24) is 20.2 Å². The first kappa shape index (κ1) is 14.9. The lowest BCUT2D eigenvalue weighted by molar-refractivity contribution is -0.131. The van der Waals surface area contributed by atoms with Crippen molar-refractivity contribution in [2.75, 3.05) is 13.1 Å². The summed E-state index contributed by atoms with van der Waals surface area (Å²) in [5.74, 6) is -0.309. The Bertz CT molecular complexity index is 914. The molecule has 4 rings (SSSR count). The molecule has 1 aliphatic rings. The third-order valence-electron chi connectivity index (χ3n) is 4.24. The fourth-order valence-electron chi connectivity index (χ4n) is 2.91. The van der Waals surface area contributed by atoms with E-state index in [9.17, 15) is 9.59 Å². The molecule has 0 saturated heterocycles. The predicted molar refractivity (Wildman–Crippen MR) is 91.9 cm³/mol. The van der Waals surface area contributed by atoms with Crippen molar-refractivity contribution in [1.29, 1.82) is 0 Å². The third kappa shape index (κ3) is 2.78. The van der Waals surface area contributed by atoms with Gasteiger partial charge in [-0.15, -0.1) is 11.3 Å². The Morgan fingerprint density at radius 3 is 3.17 bits per heavy atom. The van der Waals surface area contributed by atoms with Crippen LogP contribution in [-0.2, 0) is 17.8 Å². The van der Waals surface area contributed by atoms with Crippen LogP contribution in [0.25, 0.3) is 11.0 Å². The maximum atomic E-state index is 12.3. The van der Waals surface area contributed by atoms with Crippen LogP contribution in [0.2, 0.25) is 0 Å². The minimum absolute atomic E-state index is 0.0132. The number of amides is 2. The molecule has 0 aliphatic carbocycles. The molecule has 0 bridgehead atoms. The minimum Gasteiger partial charge on any atom is -0.345 e. The van der Waals surface area contributed by atoms with Gasteiger partial charge in [-0.25, -0.2) is 4.98 Å². The Hall–Kier alpha value is -2.67. The summed E-state index contributed by atoms with van der Waals surface area (Å²) in [5.41, 5.74) is 3.34. The summed E-state index contributed by atoms with van der Waals surface area (Å²) in [6.07, 6.45) is 2.48. The molecule has 0 fully saturated rings. The summed E-state index contributed by atoms with van der Waals surface area (Å²) in [6, 6.07) is 7.30. The van der Waals surface area contributed by atoms with E-state index < -0.39 is 0 Å². The van der Waals surface area contributed by atoms with Crippen molar-refractivity contribution in [3.8, 4) is 0 Å². The Morgan fingerprint density at radius 2 is 2.25 bits per heavy atom. The molecule has 2 amide bonds. The molecule has 7 heteroatoms. The van der Waals surface area contributed by atoms with Crippen LogP contribution >= 0.6 is 11.3 Å². The Labute approximate surface area is 142 Å². The maximum absolute atomic E-state index is 12.3. The highest BCUT2D eigenvalue weighted by Gasteiger charge is 2.21. The number of carbonyl (C=O) groups is 2. The van der Waals surface area contributed by atoms with E-state index in [1.807, 2.05) is 0 Å². The zero-order chi connectivity index (χ0) is 16.5. The van der Waals surface area contributed by atoms with Crippen LogP contribution in [0.1, 0.15) is 20.8 Å². The van der Waals surface area contributed by atoms with Gasteiger partial charge in [0.25, 0.3) is 5.91 Å². The minimum atomic E-state index is -0.256. The Kier molecular flexibility index (Phi) is 3.78. The second kappa shape index (κ2) is 6.09. The van der Waals surface area contributed by atoms with Gasteiger partial charge < -0.3 is 15.2 Å². The molecule has 0 saturated carbocycles. The average Bonchev–Trinajstić information content (AvgIpc) is 3.26. The van der Waals surface area contributed by atoms with E-state index in [1.165, 1.54) is 10.4 Å². The second-order valence-electron chi connectivity index (χ2n) is 5.75. The quantitative estimate of drug-likeness (QED) is 0.765. The fraction of sp³-hybridized carbons (Fsp3) is 0.235. The summed E-state index contributed by atoms with van der Waals surface area (Å²) in [6.45, 7) is 1.36. The van der Waals surface area contributed by atoms with Gasteiger partial charge in [-0.2, -0.15) is 0 Å². The molecule has 2 aromatic heterocycles. The molecule has 1 aliphatic heterocycles. The van der Waals surface area contributed by atoms with Gasteiger partial charge in [-0.1, -0.05) is 0 Å². The molecule has 0 spiro atoms. The molecule has 24 heavy (non-hydrogen) atoms. The summed E-state index contributed by atoms with van der Waals surface area (Å²) in [4.78, 5) is 34.8. The zero-order valence-corrected chi connectivity index (χ0v) is 13.7. The highest BCUT2D eigenvalue weighted by atomic mass is 32.1. The molecule has 1 aromatic carbocycles. The number of carbonyl (C=O) groups excluding carboxylic acids is 2. The first-order chi connectivity index (χ1) is 11.7. The smallest absolute Gasteiger partial charge is 0.251 e. The third-order valence-corrected chi connectivity index (χ3v) is 5.27. The van der Waals surface area contributed by atoms with Gasteiger partial charge in [0.15, 0.2) is 0 Å². The molecule has 3 heterocycles. The van der Waals surface area contributed by atoms with Crippen molar-refractivity contribution >= 4 is 34.2 Å². The predicted octanol–water partition coefficient (Wildman–Crippen LogP) is 1.94. The lowest BCUT2D eigenvalue weighted by atomic mass is 10.1. The summed E-state index contributed by atoms with van der Waals surface area (Å²) >= 11 is 1.74. The van der Waals surface area contributed by atoms with E-state index in [1.54, 1.807) is 40.8 Å². The average molecular weight is 340 g/mol. The molecule has 122 valence electrons. The van der Waals surface area contributed by atoms with E-state index in [0.717, 1.165) is 17.5 Å². The van der Waals surface area contributed by atoms with Crippen molar-refractivity contribution in [2.45, 2.75) is 13.0 Å². The normalized spacial score (nSPS) is 13.8. The first-order valence-corrected chi connectivity index (χ1v) is 8.63. The first-order valence-electron chi connectivity index (χ1n) is 7.75. The van der Waals surface area contributed by atoms with Gasteiger partial charge in [0.05, 0.1) is 23.9 Å². The number of rotatable bonds is 3. The summed E-state index contributed by atoms with van der Waals surface area (Å²) in [7, 11) is 0. The molecule has 0 atom stereocenters. The summed E-state index contributed by atoms with van der Waals surface area (Å²) < 4.78 is 0. The van der Waals surface area contributed by atoms with Crippen molar-refractivity contribution in [3.05, 3.63) is 52.0 Å². The molecule has 0 radical (unpaired) electrons. The maximum Gasteiger partial charge on any atom is 0.251 e. The molecule has 3 aromatic rings. The largest absolute Gasteiger partial charge is 0.345 e. The van der Waals surface area contributed by atoms with Crippen molar-refractivity contribution < 1.29 is 9.59 Å². The molecule has 0 unspecified atom stereocenters. The number of nitrogens with zero attached hydrogens (tertiary/aromatic N) is 2. The van der Waals surface area contributed by atoms with Crippen LogP contribution in [0, 0.1) is 0 Å². The number of fused-ring (bicyclic) bond motifs is 2. The molecular weight excluding hydrogens is 324 g/mol. The summed E-state index contributed by atoms with van der Waals surface area (Å²) in [5, 5.41) is 4.77. The van der Waals surface area contributed by atoms with Crippen LogP contribution in [-0.4, -0.2) is 39.8 Å². The van der Waals surface area contributed by atoms with Gasteiger partial charge in [0, 0.05) is 23.5 Å². The van der Waals surface area contributed by atoms with Gasteiger partial charge in [0.2, 0.25) is 5.91 Å². The number of benzene rings is 1. The Morgan fingerprint density at radius 1 is 1.33 bits per heavy atom. The van der Waals surface area contributed by atoms with Gasteiger partial charge >= 0.3 is 0 Å². The number of nitrogens with one attached hydrogen (secondary N) is 2. The lowest BCUT2D eigenvalue weighted by Crippen LogP contribution is -2.42. The van der Waals surface area contributed by atoms with E-state index >= 15 is 0 Å². The lowest BCUT2D eigenvalue weighted by Gasteiger charge is -2.27. The van der Waals surface area contributed by atoms with Crippen LogP contribution < -0.4 is 5.32 Å². The number of H-pyrrole nitrogens is 1. The number of hydrogen-bond donors (Lipinski definition) is 2. The van der Waals surface area contributed by atoms with Crippen molar-refractivity contribution in [3.63, 3.8) is 0 Å². The Balaban J connectivity index is 1.37. The van der Waals surface area contributed by atoms with Crippen LogP contribution in [0.3, 0.4) is 0 Å². The van der Waals surface area contributed by atoms with E-state index in [2.05, 4.69) is 26.7 Å². The van der Waals surface area contributed by atoms with E-state index in [-0.39, 0.29) is 18.4 Å². The second-order valence-corrected chi connectivity index (χ2v) is 6.75. The highest BCUT2D eigenvalue weighted by Crippen LogP contribution is 2.23.